The van der Waals surface area contributed by atoms with Crippen molar-refractivity contribution in [1.29, 1.82) is 0 Å². The average Bonchev–Trinajstić information content (AvgIpc) is 3.76. The molecule has 4 aliphatic rings. The molecule has 3 fully saturated rings. The zero-order valence-corrected chi connectivity index (χ0v) is 26.7. The number of carbonyl (C=O) groups excluding carboxylic acids is 3. The number of aromatic nitrogens is 2. The summed E-state index contributed by atoms with van der Waals surface area (Å²) in [5.41, 5.74) is 4.96. The number of anilines is 1. The molecule has 3 saturated heterocycles. The second-order valence-corrected chi connectivity index (χ2v) is 13.4. The maximum atomic E-state index is 14.0. The first kappa shape index (κ1) is 30.5. The number of rotatable bonds is 6. The van der Waals surface area contributed by atoms with Crippen molar-refractivity contribution in [2.24, 2.45) is 0 Å². The summed E-state index contributed by atoms with van der Waals surface area (Å²) in [6.07, 6.45) is 7.27. The molecule has 0 saturated carbocycles. The summed E-state index contributed by atoms with van der Waals surface area (Å²) in [7, 11) is 0. The van der Waals surface area contributed by atoms with Gasteiger partial charge in [-0.1, -0.05) is 24.3 Å². The fraction of sp³-hybridized carbons (Fsp3) is 0.543. The molecular formula is C35H45N7O4. The van der Waals surface area contributed by atoms with E-state index in [4.69, 9.17) is 4.74 Å². The highest BCUT2D eigenvalue weighted by molar-refractivity contribution is 5.91. The first-order valence-corrected chi connectivity index (χ1v) is 17.0. The lowest BCUT2D eigenvalue weighted by Gasteiger charge is -2.39. The van der Waals surface area contributed by atoms with E-state index in [0.717, 1.165) is 65.6 Å². The quantitative estimate of drug-likeness (QED) is 0.414. The molecule has 1 atom stereocenters. The Bertz CT molecular complexity index is 1570. The van der Waals surface area contributed by atoms with Gasteiger partial charge in [0.1, 0.15) is 0 Å². The van der Waals surface area contributed by atoms with Gasteiger partial charge in [-0.15, -0.1) is 0 Å². The number of nitrogens with one attached hydrogen (secondary N) is 2. The Morgan fingerprint density at radius 3 is 2.43 bits per heavy atom. The van der Waals surface area contributed by atoms with Gasteiger partial charge < -0.3 is 29.7 Å². The molecule has 1 aromatic heterocycles. The van der Waals surface area contributed by atoms with Gasteiger partial charge >= 0.3 is 12.1 Å². The lowest BCUT2D eigenvalue weighted by atomic mass is 9.99. The molecule has 0 radical (unpaired) electrons. The van der Waals surface area contributed by atoms with Crippen molar-refractivity contribution >= 4 is 34.6 Å². The number of amides is 4. The molecule has 2 N–H and O–H groups in total. The van der Waals surface area contributed by atoms with Crippen LogP contribution >= 0.6 is 0 Å². The summed E-state index contributed by atoms with van der Waals surface area (Å²) in [6.45, 7) is 7.28. The van der Waals surface area contributed by atoms with Crippen LogP contribution in [0.3, 0.4) is 0 Å². The molecule has 5 heterocycles. The van der Waals surface area contributed by atoms with Gasteiger partial charge in [-0.05, 0) is 93.8 Å². The fourth-order valence-electron chi connectivity index (χ4n) is 7.88. The number of hydrogen-bond acceptors (Lipinski definition) is 6. The van der Waals surface area contributed by atoms with Crippen LogP contribution < -0.4 is 5.32 Å². The number of urea groups is 1. The van der Waals surface area contributed by atoms with E-state index in [1.807, 2.05) is 47.1 Å². The first-order valence-electron chi connectivity index (χ1n) is 17.0. The highest BCUT2D eigenvalue weighted by atomic mass is 16.6. The Labute approximate surface area is 270 Å². The number of carbonyl (C=O) groups is 3. The summed E-state index contributed by atoms with van der Waals surface area (Å²) in [5.74, 6) is -0.117. The number of piperidine rings is 2. The van der Waals surface area contributed by atoms with Crippen molar-refractivity contribution in [3.8, 4) is 0 Å². The van der Waals surface area contributed by atoms with Crippen LogP contribution in [-0.2, 0) is 22.4 Å². The molecular weight excluding hydrogens is 582 g/mol. The molecule has 46 heavy (non-hydrogen) atoms. The van der Waals surface area contributed by atoms with Crippen LogP contribution in [-0.4, -0.2) is 112 Å². The van der Waals surface area contributed by atoms with Crippen LogP contribution in [0.25, 0.3) is 10.9 Å². The van der Waals surface area contributed by atoms with Crippen molar-refractivity contribution in [2.45, 2.75) is 76.5 Å². The molecule has 3 aromatic rings. The van der Waals surface area contributed by atoms with E-state index in [-0.39, 0.29) is 18.0 Å². The molecule has 0 bridgehead atoms. The van der Waals surface area contributed by atoms with E-state index in [0.29, 0.717) is 58.0 Å². The minimum Gasteiger partial charge on any atom is -0.436 e. The fourth-order valence-corrected chi connectivity index (χ4v) is 7.88. The van der Waals surface area contributed by atoms with Gasteiger partial charge in [0.05, 0.1) is 11.7 Å². The van der Waals surface area contributed by atoms with Crippen LogP contribution in [0.4, 0.5) is 15.3 Å². The van der Waals surface area contributed by atoms with Crippen molar-refractivity contribution < 1.29 is 19.1 Å². The van der Waals surface area contributed by atoms with Crippen LogP contribution in [0, 0.1) is 6.92 Å². The zero-order chi connectivity index (χ0) is 31.6. The molecule has 4 aliphatic heterocycles. The van der Waals surface area contributed by atoms with Crippen LogP contribution in [0.15, 0.2) is 42.6 Å². The Morgan fingerprint density at radius 1 is 0.935 bits per heavy atom. The third-order valence-corrected chi connectivity index (χ3v) is 10.5. The monoisotopic (exact) mass is 627 g/mol. The Kier molecular flexibility index (Phi) is 8.84. The van der Waals surface area contributed by atoms with Crippen molar-refractivity contribution in [2.75, 3.05) is 51.1 Å². The number of fused-ring (bicyclic) bond motifs is 2. The van der Waals surface area contributed by atoms with Gasteiger partial charge in [-0.3, -0.25) is 9.89 Å². The number of aromatic amines is 1. The SMILES string of the molecule is Cc1cc(C[C@@H](OC(=O)N2CCC(N3CCc4ccccc4NC3=O)CC2)C(=O)N2CCC(N3CCCC3)CC2)cc2cn[nH]c12. The van der Waals surface area contributed by atoms with Gasteiger partial charge in [0.25, 0.3) is 5.91 Å². The number of likely N-dealkylation sites (tertiary alicyclic amines) is 3. The van der Waals surface area contributed by atoms with E-state index in [1.54, 1.807) is 11.1 Å². The zero-order valence-electron chi connectivity index (χ0n) is 26.7. The number of aryl methyl sites for hydroxylation is 1. The molecule has 4 amide bonds. The van der Waals surface area contributed by atoms with Crippen LogP contribution in [0.2, 0.25) is 0 Å². The normalized spacial score (nSPS) is 20.8. The lowest BCUT2D eigenvalue weighted by molar-refractivity contribution is -0.142. The maximum Gasteiger partial charge on any atom is 0.410 e. The van der Waals surface area contributed by atoms with E-state index in [9.17, 15) is 14.4 Å². The molecule has 0 aliphatic carbocycles. The second kappa shape index (κ2) is 13.3. The van der Waals surface area contributed by atoms with E-state index in [1.165, 1.54) is 12.8 Å². The minimum atomic E-state index is -0.910. The molecule has 11 nitrogen and oxygen atoms in total. The molecule has 0 spiro atoms. The van der Waals surface area contributed by atoms with Gasteiger partial charge in [0.2, 0.25) is 0 Å². The standard InChI is InChI=1S/C35H45N7O4/c1-24-20-25(21-27-23-36-38-32(24)27)22-31(33(43)40-15-9-28(10-16-40)39-13-4-5-14-39)46-35(45)41-17-11-29(12-18-41)42-19-8-26-6-2-3-7-30(26)37-34(42)44/h2-3,6-7,20-21,23,28-29,31H,4-5,8-19,22H2,1H3,(H,36,38)(H,37,44)/t31-/m1/s1. The smallest absolute Gasteiger partial charge is 0.410 e. The summed E-state index contributed by atoms with van der Waals surface area (Å²) in [6, 6.07) is 12.5. The average molecular weight is 628 g/mol. The number of H-pyrrole nitrogens is 1. The first-order chi connectivity index (χ1) is 22.4. The largest absolute Gasteiger partial charge is 0.436 e. The number of nitrogens with zero attached hydrogens (tertiary/aromatic N) is 5. The van der Waals surface area contributed by atoms with E-state index >= 15 is 0 Å². The van der Waals surface area contributed by atoms with Crippen LogP contribution in [0.1, 0.15) is 55.2 Å². The van der Waals surface area contributed by atoms with Gasteiger partial charge in [-0.25, -0.2) is 9.59 Å². The van der Waals surface area contributed by atoms with E-state index in [2.05, 4.69) is 26.5 Å². The van der Waals surface area contributed by atoms with Gasteiger partial charge in [-0.2, -0.15) is 5.10 Å². The van der Waals surface area contributed by atoms with Gasteiger partial charge in [0.15, 0.2) is 6.10 Å². The Balaban J connectivity index is 1.00. The molecule has 2 aromatic carbocycles. The second-order valence-electron chi connectivity index (χ2n) is 13.4. The topological polar surface area (TPSA) is 114 Å². The van der Waals surface area contributed by atoms with E-state index < -0.39 is 12.2 Å². The van der Waals surface area contributed by atoms with Crippen molar-refractivity contribution in [3.63, 3.8) is 0 Å². The Morgan fingerprint density at radius 2 is 1.65 bits per heavy atom. The summed E-state index contributed by atoms with van der Waals surface area (Å²) in [4.78, 5) is 48.8. The number of ether oxygens (including phenoxy) is 1. The Hall–Kier alpha value is -4.12. The minimum absolute atomic E-state index is 0.0392. The third kappa shape index (κ3) is 6.42. The highest BCUT2D eigenvalue weighted by Gasteiger charge is 2.36. The molecule has 11 heteroatoms. The van der Waals surface area contributed by atoms with Crippen molar-refractivity contribution in [3.05, 3.63) is 59.3 Å². The van der Waals surface area contributed by atoms with Crippen LogP contribution in [0.5, 0.6) is 0 Å². The third-order valence-electron chi connectivity index (χ3n) is 10.5. The summed E-state index contributed by atoms with van der Waals surface area (Å²) in [5, 5.41) is 11.2. The molecule has 0 unspecified atom stereocenters. The summed E-state index contributed by atoms with van der Waals surface area (Å²) < 4.78 is 6.10. The van der Waals surface area contributed by atoms with Gasteiger partial charge in [0, 0.05) is 62.3 Å². The molecule has 244 valence electrons. The summed E-state index contributed by atoms with van der Waals surface area (Å²) >= 11 is 0. The molecule has 7 rings (SSSR count). The maximum absolute atomic E-state index is 14.0. The highest BCUT2D eigenvalue weighted by Crippen LogP contribution is 2.27. The predicted octanol–water partition coefficient (Wildman–Crippen LogP) is 4.56. The lowest BCUT2D eigenvalue weighted by Crippen LogP contribution is -2.52. The predicted molar refractivity (Wildman–Crippen MR) is 176 cm³/mol. The number of hydrogen-bond donors (Lipinski definition) is 2. The number of para-hydroxylation sites is 1. The number of benzene rings is 2. The van der Waals surface area contributed by atoms with Crippen molar-refractivity contribution in [1.82, 2.24) is 29.8 Å².